The van der Waals surface area contributed by atoms with E-state index in [9.17, 15) is 4.79 Å². The summed E-state index contributed by atoms with van der Waals surface area (Å²) in [4.78, 5) is 14.1. The molecule has 1 aromatic carbocycles. The van der Waals surface area contributed by atoms with Crippen molar-refractivity contribution in [2.24, 2.45) is 0 Å². The number of thioether (sulfide) groups is 1. The van der Waals surface area contributed by atoms with Crippen molar-refractivity contribution in [3.05, 3.63) is 23.2 Å². The second kappa shape index (κ2) is 7.62. The Labute approximate surface area is 123 Å². The highest BCUT2D eigenvalue weighted by atomic mass is 35.5. The highest BCUT2D eigenvalue weighted by Gasteiger charge is 2.18. The average Bonchev–Trinajstić information content (AvgIpc) is 2.38. The first-order valence-corrected chi connectivity index (χ1v) is 7.78. The Morgan fingerprint density at radius 1 is 1.58 bits per heavy atom. The molecule has 6 heteroatoms. The fourth-order valence-corrected chi connectivity index (χ4v) is 2.16. The summed E-state index contributed by atoms with van der Waals surface area (Å²) in [6.45, 7) is 2.74. The minimum Gasteiger partial charge on any atom is -0.397 e. The molecule has 4 nitrogen and oxygen atoms in total. The number of carbonyl (C=O) groups is 1. The molecule has 0 heterocycles. The van der Waals surface area contributed by atoms with Crippen LogP contribution in [0, 0.1) is 0 Å². The van der Waals surface area contributed by atoms with Crippen LogP contribution in [-0.4, -0.2) is 42.4 Å². The first kappa shape index (κ1) is 16.1. The molecular weight excluding hydrogens is 282 g/mol. The number of nitrogens with two attached hydrogens (primary N) is 1. The Balaban J connectivity index is 2.63. The first-order chi connectivity index (χ1) is 8.95. The van der Waals surface area contributed by atoms with Crippen molar-refractivity contribution in [3.8, 4) is 0 Å². The van der Waals surface area contributed by atoms with Crippen molar-refractivity contribution in [3.63, 3.8) is 0 Å². The number of rotatable bonds is 6. The Bertz CT molecular complexity index is 442. The van der Waals surface area contributed by atoms with E-state index in [0.29, 0.717) is 16.4 Å². The molecule has 0 aliphatic carbocycles. The van der Waals surface area contributed by atoms with Crippen LogP contribution in [-0.2, 0) is 4.79 Å². The lowest BCUT2D eigenvalue weighted by Gasteiger charge is -2.23. The third kappa shape index (κ3) is 4.93. The summed E-state index contributed by atoms with van der Waals surface area (Å²) >= 11 is 7.58. The molecular formula is C13H20ClN3OS. The second-order valence-corrected chi connectivity index (χ2v) is 5.79. The van der Waals surface area contributed by atoms with Gasteiger partial charge in [-0.1, -0.05) is 11.6 Å². The van der Waals surface area contributed by atoms with Gasteiger partial charge < -0.3 is 11.1 Å². The largest absolute Gasteiger partial charge is 0.397 e. The number of likely N-dealkylation sites (N-methyl/N-ethyl adjacent to an activating group) is 1. The van der Waals surface area contributed by atoms with Crippen molar-refractivity contribution < 1.29 is 4.79 Å². The van der Waals surface area contributed by atoms with Crippen molar-refractivity contribution in [1.82, 2.24) is 4.90 Å². The van der Waals surface area contributed by atoms with E-state index < -0.39 is 0 Å². The number of amides is 1. The van der Waals surface area contributed by atoms with Crippen LogP contribution in [0.2, 0.25) is 5.02 Å². The van der Waals surface area contributed by atoms with E-state index >= 15 is 0 Å². The van der Waals surface area contributed by atoms with Gasteiger partial charge in [0.05, 0.1) is 17.4 Å². The molecule has 1 aromatic rings. The van der Waals surface area contributed by atoms with E-state index in [0.717, 1.165) is 12.3 Å². The van der Waals surface area contributed by atoms with Crippen LogP contribution in [0.15, 0.2) is 18.2 Å². The number of nitrogens with zero attached hydrogens (tertiary/aromatic N) is 1. The molecule has 106 valence electrons. The first-order valence-electron chi connectivity index (χ1n) is 6.00. The van der Waals surface area contributed by atoms with E-state index in [1.807, 2.05) is 25.1 Å². The van der Waals surface area contributed by atoms with Crippen molar-refractivity contribution in [2.75, 3.05) is 36.7 Å². The third-order valence-electron chi connectivity index (χ3n) is 2.96. The monoisotopic (exact) mass is 301 g/mol. The molecule has 19 heavy (non-hydrogen) atoms. The standard InChI is InChI=1S/C13H20ClN3OS/c1-9(17(2)6-7-19-3)13(18)16-12-5-4-10(14)8-11(12)15/h4-5,8-9H,6-7,15H2,1-3H3,(H,16,18). The molecule has 1 rings (SSSR count). The average molecular weight is 302 g/mol. The van der Waals surface area contributed by atoms with E-state index in [-0.39, 0.29) is 11.9 Å². The fourth-order valence-electron chi connectivity index (χ4n) is 1.51. The molecule has 1 atom stereocenters. The normalized spacial score (nSPS) is 12.5. The molecule has 1 amide bonds. The maximum atomic E-state index is 12.1. The second-order valence-electron chi connectivity index (χ2n) is 4.37. The molecule has 0 fully saturated rings. The summed E-state index contributed by atoms with van der Waals surface area (Å²) in [5.74, 6) is 0.926. The van der Waals surface area contributed by atoms with E-state index in [4.69, 9.17) is 17.3 Å². The van der Waals surface area contributed by atoms with Crippen molar-refractivity contribution >= 4 is 40.6 Å². The zero-order valence-corrected chi connectivity index (χ0v) is 13.0. The van der Waals surface area contributed by atoms with E-state index in [1.54, 1.807) is 30.0 Å². The number of hydrogen-bond acceptors (Lipinski definition) is 4. The number of benzene rings is 1. The predicted octanol–water partition coefficient (Wildman–Crippen LogP) is 2.54. The maximum absolute atomic E-state index is 12.1. The molecule has 1 unspecified atom stereocenters. The number of nitrogens with one attached hydrogen (secondary N) is 1. The van der Waals surface area contributed by atoms with Gasteiger partial charge in [0.15, 0.2) is 0 Å². The Kier molecular flexibility index (Phi) is 6.48. The van der Waals surface area contributed by atoms with E-state index in [1.165, 1.54) is 0 Å². The van der Waals surface area contributed by atoms with Crippen LogP contribution >= 0.6 is 23.4 Å². The summed E-state index contributed by atoms with van der Waals surface area (Å²) < 4.78 is 0. The van der Waals surface area contributed by atoms with Gasteiger partial charge in [-0.3, -0.25) is 9.69 Å². The summed E-state index contributed by atoms with van der Waals surface area (Å²) in [7, 11) is 1.94. The van der Waals surface area contributed by atoms with Gasteiger partial charge in [0, 0.05) is 17.3 Å². The molecule has 0 aliphatic rings. The number of nitrogen functional groups attached to an aromatic ring is 1. The Morgan fingerprint density at radius 2 is 2.26 bits per heavy atom. The lowest BCUT2D eigenvalue weighted by molar-refractivity contribution is -0.120. The summed E-state index contributed by atoms with van der Waals surface area (Å²) in [5, 5.41) is 3.38. The summed E-state index contributed by atoms with van der Waals surface area (Å²) in [6, 6.07) is 4.83. The highest BCUT2D eigenvalue weighted by Crippen LogP contribution is 2.22. The van der Waals surface area contributed by atoms with Gasteiger partial charge in [0.2, 0.25) is 5.91 Å². The van der Waals surface area contributed by atoms with Gasteiger partial charge in [0.25, 0.3) is 0 Å². The molecule has 0 saturated carbocycles. The predicted molar refractivity (Wildman–Crippen MR) is 85.0 cm³/mol. The zero-order chi connectivity index (χ0) is 14.4. The molecule has 0 saturated heterocycles. The summed E-state index contributed by atoms with van der Waals surface area (Å²) in [6.07, 6.45) is 2.05. The van der Waals surface area contributed by atoms with Crippen LogP contribution < -0.4 is 11.1 Å². The molecule has 0 bridgehead atoms. The molecule has 0 aliphatic heterocycles. The molecule has 3 N–H and O–H groups in total. The van der Waals surface area contributed by atoms with Gasteiger partial charge in [0.1, 0.15) is 0 Å². The van der Waals surface area contributed by atoms with Gasteiger partial charge in [-0.15, -0.1) is 0 Å². The van der Waals surface area contributed by atoms with Crippen LogP contribution in [0.1, 0.15) is 6.92 Å². The van der Waals surface area contributed by atoms with Gasteiger partial charge in [-0.05, 0) is 38.4 Å². The summed E-state index contributed by atoms with van der Waals surface area (Å²) in [5.41, 5.74) is 6.88. The number of anilines is 2. The SMILES string of the molecule is CSCCN(C)C(C)C(=O)Nc1ccc(Cl)cc1N. The maximum Gasteiger partial charge on any atom is 0.241 e. The lowest BCUT2D eigenvalue weighted by Crippen LogP contribution is -2.40. The number of hydrogen-bond donors (Lipinski definition) is 2. The molecule has 0 radical (unpaired) electrons. The van der Waals surface area contributed by atoms with Crippen LogP contribution in [0.5, 0.6) is 0 Å². The van der Waals surface area contributed by atoms with E-state index in [2.05, 4.69) is 5.32 Å². The highest BCUT2D eigenvalue weighted by molar-refractivity contribution is 7.98. The fraction of sp³-hybridized carbons (Fsp3) is 0.462. The Hall–Kier alpha value is -0.910. The number of halogens is 1. The molecule has 0 aromatic heterocycles. The van der Waals surface area contributed by atoms with Crippen LogP contribution in [0.25, 0.3) is 0 Å². The Morgan fingerprint density at radius 3 is 2.84 bits per heavy atom. The topological polar surface area (TPSA) is 58.4 Å². The van der Waals surface area contributed by atoms with Gasteiger partial charge in [-0.25, -0.2) is 0 Å². The molecule has 0 spiro atoms. The van der Waals surface area contributed by atoms with Crippen LogP contribution in [0.4, 0.5) is 11.4 Å². The zero-order valence-electron chi connectivity index (χ0n) is 11.4. The smallest absolute Gasteiger partial charge is 0.241 e. The van der Waals surface area contributed by atoms with Gasteiger partial charge >= 0.3 is 0 Å². The van der Waals surface area contributed by atoms with Crippen molar-refractivity contribution in [1.29, 1.82) is 0 Å². The minimum absolute atomic E-state index is 0.0716. The van der Waals surface area contributed by atoms with Crippen LogP contribution in [0.3, 0.4) is 0 Å². The quantitative estimate of drug-likeness (QED) is 0.793. The van der Waals surface area contributed by atoms with Gasteiger partial charge in [-0.2, -0.15) is 11.8 Å². The third-order valence-corrected chi connectivity index (χ3v) is 3.79. The van der Waals surface area contributed by atoms with Crippen molar-refractivity contribution in [2.45, 2.75) is 13.0 Å². The number of carbonyl (C=O) groups excluding carboxylic acids is 1. The lowest BCUT2D eigenvalue weighted by atomic mass is 10.2. The minimum atomic E-state index is -0.206.